The molecule has 0 saturated carbocycles. The van der Waals surface area contributed by atoms with Gasteiger partial charge in [-0.3, -0.25) is 4.98 Å². The Morgan fingerprint density at radius 2 is 1.44 bits per heavy atom. The second kappa shape index (κ2) is 12.7. The summed E-state index contributed by atoms with van der Waals surface area (Å²) in [4.78, 5) is 16.5. The van der Waals surface area contributed by atoms with Crippen LogP contribution in [0.3, 0.4) is 0 Å². The van der Waals surface area contributed by atoms with Crippen LogP contribution in [0.4, 0.5) is 0 Å². The van der Waals surface area contributed by atoms with Crippen molar-refractivity contribution in [3.63, 3.8) is 0 Å². The summed E-state index contributed by atoms with van der Waals surface area (Å²) in [7, 11) is 0. The Labute approximate surface area is 211 Å². The second-order valence-corrected chi connectivity index (χ2v) is 7.85. The molecule has 5 heteroatoms. The quantitative estimate of drug-likeness (QED) is 0.142. The maximum Gasteiger partial charge on any atom is 0.336 e. The molecule has 0 atom stereocenters. The SMILES string of the molecule is CCOc1cc(/C=C/c2ccncc2)ccc1OC(=O)/C=C/c1ccc(OCc2ccccc2)cc1. The van der Waals surface area contributed by atoms with Gasteiger partial charge in [-0.05, 0) is 71.7 Å². The first kappa shape index (κ1) is 24.5. The molecule has 0 radical (unpaired) electrons. The number of hydrogen-bond acceptors (Lipinski definition) is 5. The van der Waals surface area contributed by atoms with E-state index < -0.39 is 5.97 Å². The first-order valence-electron chi connectivity index (χ1n) is 11.7. The molecule has 0 bridgehead atoms. The van der Waals surface area contributed by atoms with Gasteiger partial charge in [0.15, 0.2) is 11.5 Å². The van der Waals surface area contributed by atoms with Crippen molar-refractivity contribution in [1.82, 2.24) is 4.98 Å². The zero-order valence-electron chi connectivity index (χ0n) is 20.0. The van der Waals surface area contributed by atoms with Crippen LogP contribution in [-0.2, 0) is 11.4 Å². The Morgan fingerprint density at radius 3 is 2.19 bits per heavy atom. The molecule has 5 nitrogen and oxygen atoms in total. The summed E-state index contributed by atoms with van der Waals surface area (Å²) in [6, 6.07) is 26.8. The molecule has 0 spiro atoms. The van der Waals surface area contributed by atoms with Crippen molar-refractivity contribution in [3.05, 3.63) is 126 Å². The van der Waals surface area contributed by atoms with Crippen LogP contribution in [0.5, 0.6) is 17.2 Å². The number of ether oxygens (including phenoxy) is 3. The maximum atomic E-state index is 12.5. The molecular weight excluding hydrogens is 450 g/mol. The molecule has 0 amide bonds. The van der Waals surface area contributed by atoms with E-state index in [0.717, 1.165) is 28.0 Å². The van der Waals surface area contributed by atoms with E-state index in [1.165, 1.54) is 6.08 Å². The van der Waals surface area contributed by atoms with E-state index in [0.29, 0.717) is 24.7 Å². The molecule has 4 aromatic rings. The van der Waals surface area contributed by atoms with Gasteiger partial charge in [-0.1, -0.05) is 60.7 Å². The van der Waals surface area contributed by atoms with Crippen molar-refractivity contribution in [2.45, 2.75) is 13.5 Å². The van der Waals surface area contributed by atoms with Crippen molar-refractivity contribution in [2.75, 3.05) is 6.61 Å². The summed E-state index contributed by atoms with van der Waals surface area (Å²) < 4.78 is 17.0. The lowest BCUT2D eigenvalue weighted by atomic mass is 10.1. The molecule has 36 heavy (non-hydrogen) atoms. The number of carbonyl (C=O) groups is 1. The van der Waals surface area contributed by atoms with E-state index in [1.54, 1.807) is 24.5 Å². The summed E-state index contributed by atoms with van der Waals surface area (Å²) in [5.74, 6) is 1.16. The molecule has 0 aliphatic rings. The van der Waals surface area contributed by atoms with Crippen molar-refractivity contribution in [2.24, 2.45) is 0 Å². The van der Waals surface area contributed by atoms with Gasteiger partial charge in [0, 0.05) is 18.5 Å². The van der Waals surface area contributed by atoms with E-state index in [4.69, 9.17) is 14.2 Å². The highest BCUT2D eigenvalue weighted by molar-refractivity contribution is 5.89. The molecule has 0 aliphatic heterocycles. The Bertz CT molecular complexity index is 1310. The molecule has 1 aromatic heterocycles. The Hall–Kier alpha value is -4.64. The van der Waals surface area contributed by atoms with Gasteiger partial charge in [0.1, 0.15) is 12.4 Å². The normalized spacial score (nSPS) is 11.0. The predicted octanol–water partition coefficient (Wildman–Crippen LogP) is 6.85. The lowest BCUT2D eigenvalue weighted by Gasteiger charge is -2.10. The maximum absolute atomic E-state index is 12.5. The fourth-order valence-electron chi connectivity index (χ4n) is 3.37. The standard InChI is InChI=1S/C31H27NO4/c1-2-34-30-22-26(9-8-25-18-20-32-21-19-25)12-16-29(30)36-31(33)17-13-24-10-14-28(15-11-24)35-23-27-6-4-3-5-7-27/h3-22H,2,23H2,1H3/b9-8+,17-13+. The van der Waals surface area contributed by atoms with Gasteiger partial charge in [-0.25, -0.2) is 4.79 Å². The summed E-state index contributed by atoms with van der Waals surface area (Å²) in [5, 5.41) is 0. The van der Waals surface area contributed by atoms with E-state index in [1.807, 2.05) is 97.9 Å². The van der Waals surface area contributed by atoms with Crippen molar-refractivity contribution in [3.8, 4) is 17.2 Å². The fraction of sp³-hybridized carbons (Fsp3) is 0.0968. The largest absolute Gasteiger partial charge is 0.490 e. The minimum absolute atomic E-state index is 0.372. The topological polar surface area (TPSA) is 57.7 Å². The Morgan fingerprint density at radius 1 is 0.750 bits per heavy atom. The average molecular weight is 478 g/mol. The highest BCUT2D eigenvalue weighted by Gasteiger charge is 2.09. The first-order chi connectivity index (χ1) is 17.7. The van der Waals surface area contributed by atoms with Gasteiger partial charge < -0.3 is 14.2 Å². The third kappa shape index (κ3) is 7.43. The predicted molar refractivity (Wildman–Crippen MR) is 143 cm³/mol. The lowest BCUT2D eigenvalue weighted by molar-refractivity contribution is -0.129. The molecule has 3 aromatic carbocycles. The van der Waals surface area contributed by atoms with Crippen LogP contribution in [0.25, 0.3) is 18.2 Å². The van der Waals surface area contributed by atoms with Gasteiger partial charge in [-0.2, -0.15) is 0 Å². The third-order valence-electron chi connectivity index (χ3n) is 5.19. The number of hydrogen-bond donors (Lipinski definition) is 0. The van der Waals surface area contributed by atoms with Crippen LogP contribution in [0, 0.1) is 0 Å². The molecular formula is C31H27NO4. The summed E-state index contributed by atoms with van der Waals surface area (Å²) >= 11 is 0. The highest BCUT2D eigenvalue weighted by atomic mass is 16.6. The Kier molecular flexibility index (Phi) is 8.65. The van der Waals surface area contributed by atoms with Crippen LogP contribution in [0.2, 0.25) is 0 Å². The number of benzene rings is 3. The van der Waals surface area contributed by atoms with Crippen molar-refractivity contribution in [1.29, 1.82) is 0 Å². The number of rotatable bonds is 10. The summed E-state index contributed by atoms with van der Waals surface area (Å²) in [6.45, 7) is 2.84. The summed E-state index contributed by atoms with van der Waals surface area (Å²) in [5.41, 5.74) is 3.94. The first-order valence-corrected chi connectivity index (χ1v) is 11.7. The molecule has 4 rings (SSSR count). The number of carbonyl (C=O) groups excluding carboxylic acids is 1. The molecule has 0 unspecified atom stereocenters. The molecule has 1 heterocycles. The number of pyridine rings is 1. The Balaban J connectivity index is 1.35. The molecule has 0 N–H and O–H groups in total. The molecule has 0 fully saturated rings. The van der Waals surface area contributed by atoms with Crippen LogP contribution in [-0.4, -0.2) is 17.6 Å². The van der Waals surface area contributed by atoms with E-state index in [2.05, 4.69) is 4.98 Å². The van der Waals surface area contributed by atoms with E-state index in [-0.39, 0.29) is 0 Å². The van der Waals surface area contributed by atoms with E-state index in [9.17, 15) is 4.79 Å². The van der Waals surface area contributed by atoms with Gasteiger partial charge in [-0.15, -0.1) is 0 Å². The summed E-state index contributed by atoms with van der Waals surface area (Å²) in [6.07, 6.45) is 10.5. The molecule has 0 saturated heterocycles. The second-order valence-electron chi connectivity index (χ2n) is 7.85. The smallest absolute Gasteiger partial charge is 0.336 e. The van der Waals surface area contributed by atoms with Crippen molar-refractivity contribution >= 4 is 24.2 Å². The average Bonchev–Trinajstić information content (AvgIpc) is 2.93. The third-order valence-corrected chi connectivity index (χ3v) is 5.19. The lowest BCUT2D eigenvalue weighted by Crippen LogP contribution is -2.06. The van der Waals surface area contributed by atoms with Crippen LogP contribution in [0.15, 0.2) is 103 Å². The van der Waals surface area contributed by atoms with Crippen LogP contribution in [0.1, 0.15) is 29.2 Å². The monoisotopic (exact) mass is 477 g/mol. The van der Waals surface area contributed by atoms with Crippen LogP contribution >= 0.6 is 0 Å². The minimum atomic E-state index is -0.486. The number of nitrogens with zero attached hydrogens (tertiary/aromatic N) is 1. The number of aromatic nitrogens is 1. The van der Waals surface area contributed by atoms with E-state index >= 15 is 0 Å². The molecule has 180 valence electrons. The minimum Gasteiger partial charge on any atom is -0.490 e. The van der Waals surface area contributed by atoms with Gasteiger partial charge in [0.25, 0.3) is 0 Å². The fourth-order valence-corrected chi connectivity index (χ4v) is 3.37. The zero-order chi connectivity index (χ0) is 25.0. The van der Waals surface area contributed by atoms with Gasteiger partial charge in [0.2, 0.25) is 0 Å². The van der Waals surface area contributed by atoms with Crippen LogP contribution < -0.4 is 14.2 Å². The highest BCUT2D eigenvalue weighted by Crippen LogP contribution is 2.29. The number of esters is 1. The van der Waals surface area contributed by atoms with Gasteiger partial charge in [0.05, 0.1) is 6.61 Å². The molecule has 0 aliphatic carbocycles. The van der Waals surface area contributed by atoms with Crippen molar-refractivity contribution < 1.29 is 19.0 Å². The van der Waals surface area contributed by atoms with Gasteiger partial charge >= 0.3 is 5.97 Å². The zero-order valence-corrected chi connectivity index (χ0v) is 20.0.